The molecule has 3 aromatic rings. The average molecular weight is 588 g/mol. The van der Waals surface area contributed by atoms with Crippen molar-refractivity contribution < 1.29 is 28.7 Å². The largest absolute Gasteiger partial charge is 0.459 e. The number of rotatable bonds is 6. The van der Waals surface area contributed by atoms with Crippen molar-refractivity contribution in [1.82, 2.24) is 25.5 Å². The van der Waals surface area contributed by atoms with E-state index >= 15 is 0 Å². The Kier molecular flexibility index (Phi) is 8.11. The second-order valence-electron chi connectivity index (χ2n) is 10.2. The van der Waals surface area contributed by atoms with E-state index < -0.39 is 42.1 Å². The molecule has 3 unspecified atom stereocenters. The number of ether oxygens (including phenoxy) is 2. The second kappa shape index (κ2) is 11.6. The van der Waals surface area contributed by atoms with Crippen LogP contribution in [0.1, 0.15) is 57.6 Å². The van der Waals surface area contributed by atoms with Crippen molar-refractivity contribution in [3.8, 4) is 0 Å². The number of nitrogens with zero attached hydrogens (tertiary/aromatic N) is 2. The number of nitrogens with one attached hydrogen (secondary N) is 3. The molecule has 1 aromatic carbocycles. The van der Waals surface area contributed by atoms with Gasteiger partial charge >= 0.3 is 11.9 Å². The average Bonchev–Trinajstić information content (AvgIpc) is 3.49. The Morgan fingerprint density at radius 3 is 2.33 bits per heavy atom. The Hall–Kier alpha value is -3.48. The highest BCUT2D eigenvalue weighted by molar-refractivity contribution is 7.13. The Labute approximate surface area is 239 Å². The lowest BCUT2D eigenvalue weighted by Gasteiger charge is -2.40. The minimum Gasteiger partial charge on any atom is -0.459 e. The number of hydrogen-bond donors (Lipinski definition) is 3. The highest BCUT2D eigenvalue weighted by atomic mass is 35.5. The van der Waals surface area contributed by atoms with E-state index in [4.69, 9.17) is 21.1 Å². The summed E-state index contributed by atoms with van der Waals surface area (Å²) in [4.78, 5) is 61.2. The standard InChI is InChI=1S/C27H30ClN5O6S/c1-13(34)38-22-10-19(30-25(36)21-9-15-8-16(28)4-5-17(15)29-21)20(11-23(22)39-14(2)35)31-26(37)27-32-18-6-7-33(3)12-24(18)40-27/h4-5,8-9,19-20,22-23,29H,6-7,10-12H2,1-3H3,(H,30,36)(H,31,37)/t19?,20?,22-,23?/m1/s1. The lowest BCUT2D eigenvalue weighted by atomic mass is 9.85. The first kappa shape index (κ1) is 28.1. The van der Waals surface area contributed by atoms with Gasteiger partial charge in [-0.25, -0.2) is 4.98 Å². The number of thiazole rings is 1. The predicted octanol–water partition coefficient (Wildman–Crippen LogP) is 2.82. The van der Waals surface area contributed by atoms with Gasteiger partial charge in [-0.3, -0.25) is 19.2 Å². The first-order valence-corrected chi connectivity index (χ1v) is 14.2. The van der Waals surface area contributed by atoms with Crippen molar-refractivity contribution in [3.63, 3.8) is 0 Å². The summed E-state index contributed by atoms with van der Waals surface area (Å²) >= 11 is 7.44. The lowest BCUT2D eigenvalue weighted by molar-refractivity contribution is -0.170. The van der Waals surface area contributed by atoms with Gasteiger partial charge in [-0.1, -0.05) is 11.6 Å². The van der Waals surface area contributed by atoms with Crippen LogP contribution < -0.4 is 10.6 Å². The van der Waals surface area contributed by atoms with E-state index in [9.17, 15) is 19.2 Å². The number of carbonyl (C=O) groups excluding carboxylic acids is 4. The molecule has 1 fully saturated rings. The van der Waals surface area contributed by atoms with Gasteiger partial charge in [-0.2, -0.15) is 0 Å². The number of likely N-dealkylation sites (N-methyl/N-ethyl adjacent to an activating group) is 1. The summed E-state index contributed by atoms with van der Waals surface area (Å²) in [5, 5.41) is 7.63. The molecule has 2 amide bonds. The number of H-pyrrole nitrogens is 1. The molecule has 1 aliphatic carbocycles. The molecule has 0 spiro atoms. The molecular formula is C27H30ClN5O6S. The maximum absolute atomic E-state index is 13.3. The summed E-state index contributed by atoms with van der Waals surface area (Å²) in [7, 11) is 2.02. The first-order chi connectivity index (χ1) is 19.0. The fourth-order valence-electron chi connectivity index (χ4n) is 5.25. The van der Waals surface area contributed by atoms with Crippen LogP contribution in [-0.2, 0) is 32.0 Å². The number of aromatic nitrogens is 2. The van der Waals surface area contributed by atoms with Crippen LogP contribution in [0.15, 0.2) is 24.3 Å². The zero-order valence-corrected chi connectivity index (χ0v) is 23.9. The zero-order valence-electron chi connectivity index (χ0n) is 22.3. The molecule has 3 heterocycles. The quantitative estimate of drug-likeness (QED) is 0.374. The van der Waals surface area contributed by atoms with Crippen LogP contribution in [0.4, 0.5) is 0 Å². The van der Waals surface area contributed by atoms with E-state index in [1.807, 2.05) is 7.05 Å². The van der Waals surface area contributed by atoms with Gasteiger partial charge in [0, 0.05) is 67.0 Å². The zero-order chi connectivity index (χ0) is 28.6. The third kappa shape index (κ3) is 6.29. The van der Waals surface area contributed by atoms with Crippen molar-refractivity contribution in [2.45, 2.75) is 63.9 Å². The molecule has 5 rings (SSSR count). The molecular weight excluding hydrogens is 558 g/mol. The highest BCUT2D eigenvalue weighted by Gasteiger charge is 2.42. The molecule has 1 aliphatic heterocycles. The third-order valence-corrected chi connectivity index (χ3v) is 8.40. The molecule has 3 N–H and O–H groups in total. The van der Waals surface area contributed by atoms with Crippen LogP contribution in [0.3, 0.4) is 0 Å². The minimum atomic E-state index is -0.802. The van der Waals surface area contributed by atoms with Gasteiger partial charge in [-0.15, -0.1) is 11.3 Å². The number of fused-ring (bicyclic) bond motifs is 2. The molecule has 40 heavy (non-hydrogen) atoms. The summed E-state index contributed by atoms with van der Waals surface area (Å²) in [5.74, 6) is -1.86. The number of halogens is 1. The second-order valence-corrected chi connectivity index (χ2v) is 11.7. The van der Waals surface area contributed by atoms with Gasteiger partial charge < -0.3 is 30.0 Å². The lowest BCUT2D eigenvalue weighted by Crippen LogP contribution is -2.60. The third-order valence-electron chi connectivity index (χ3n) is 7.08. The van der Waals surface area contributed by atoms with E-state index in [0.29, 0.717) is 15.7 Å². The summed E-state index contributed by atoms with van der Waals surface area (Å²) < 4.78 is 10.9. The molecule has 212 valence electrons. The van der Waals surface area contributed by atoms with Crippen LogP contribution >= 0.6 is 22.9 Å². The van der Waals surface area contributed by atoms with E-state index in [0.717, 1.165) is 41.0 Å². The molecule has 13 heteroatoms. The van der Waals surface area contributed by atoms with Crippen LogP contribution in [0.25, 0.3) is 10.9 Å². The van der Waals surface area contributed by atoms with Crippen molar-refractivity contribution in [2.24, 2.45) is 0 Å². The van der Waals surface area contributed by atoms with Crippen LogP contribution in [-0.4, -0.2) is 76.5 Å². The Morgan fingerprint density at radius 1 is 1.02 bits per heavy atom. The van der Waals surface area contributed by atoms with Crippen molar-refractivity contribution in [2.75, 3.05) is 13.6 Å². The topological polar surface area (TPSA) is 143 Å². The van der Waals surface area contributed by atoms with Crippen molar-refractivity contribution >= 4 is 57.6 Å². The monoisotopic (exact) mass is 587 g/mol. The first-order valence-electron chi connectivity index (χ1n) is 13.0. The Balaban J connectivity index is 1.39. The molecule has 1 saturated carbocycles. The highest BCUT2D eigenvalue weighted by Crippen LogP contribution is 2.28. The summed E-state index contributed by atoms with van der Waals surface area (Å²) in [6.45, 7) is 4.14. The van der Waals surface area contributed by atoms with Gasteiger partial charge in [0.25, 0.3) is 11.8 Å². The maximum atomic E-state index is 13.3. The van der Waals surface area contributed by atoms with E-state index in [-0.39, 0.29) is 18.7 Å². The number of benzene rings is 1. The number of amides is 2. The normalized spacial score (nSPS) is 22.8. The van der Waals surface area contributed by atoms with Gasteiger partial charge in [0.1, 0.15) is 17.9 Å². The van der Waals surface area contributed by atoms with Crippen LogP contribution in [0.2, 0.25) is 5.02 Å². The molecule has 0 radical (unpaired) electrons. The molecule has 11 nitrogen and oxygen atoms in total. The maximum Gasteiger partial charge on any atom is 0.303 e. The summed E-state index contributed by atoms with van der Waals surface area (Å²) in [5.41, 5.74) is 1.98. The Bertz CT molecular complexity index is 1470. The smallest absolute Gasteiger partial charge is 0.303 e. The van der Waals surface area contributed by atoms with E-state index in [2.05, 4.69) is 25.5 Å². The van der Waals surface area contributed by atoms with Gasteiger partial charge in [-0.05, 0) is 31.3 Å². The summed E-state index contributed by atoms with van der Waals surface area (Å²) in [6.07, 6.45) is -0.576. The van der Waals surface area contributed by atoms with Gasteiger partial charge in [0.05, 0.1) is 17.8 Å². The van der Waals surface area contributed by atoms with Gasteiger partial charge in [0.15, 0.2) is 5.01 Å². The molecule has 2 aliphatic rings. The van der Waals surface area contributed by atoms with Gasteiger partial charge in [0.2, 0.25) is 0 Å². The molecule has 0 bridgehead atoms. The van der Waals surface area contributed by atoms with Crippen LogP contribution in [0, 0.1) is 0 Å². The predicted molar refractivity (Wildman–Crippen MR) is 148 cm³/mol. The molecule has 4 atom stereocenters. The van der Waals surface area contributed by atoms with E-state index in [1.165, 1.54) is 25.2 Å². The number of hydrogen-bond acceptors (Lipinski definition) is 9. The van der Waals surface area contributed by atoms with Crippen molar-refractivity contribution in [3.05, 3.63) is 50.6 Å². The van der Waals surface area contributed by atoms with Crippen molar-refractivity contribution in [1.29, 1.82) is 0 Å². The van der Waals surface area contributed by atoms with Crippen LogP contribution in [0.5, 0.6) is 0 Å². The summed E-state index contributed by atoms with van der Waals surface area (Å²) in [6, 6.07) is 5.68. The van der Waals surface area contributed by atoms with E-state index in [1.54, 1.807) is 24.3 Å². The fraction of sp³-hybridized carbons (Fsp3) is 0.444. The number of carbonyl (C=O) groups is 4. The molecule has 0 saturated heterocycles. The number of esters is 2. The number of aromatic amines is 1. The molecule has 2 aromatic heterocycles. The SMILES string of the molecule is CC(=O)OC1CC(NC(=O)c2nc3c(s2)CN(C)CC3)C(NC(=O)c2cc3cc(Cl)ccc3[nH]2)C[C@H]1OC(C)=O. The minimum absolute atomic E-state index is 0.124. The fourth-order valence-corrected chi connectivity index (χ4v) is 6.52. The Morgan fingerprint density at radius 2 is 1.68 bits per heavy atom.